The van der Waals surface area contributed by atoms with E-state index in [0.717, 1.165) is 5.56 Å². The number of benzene rings is 2. The molecule has 4 amide bonds. The van der Waals surface area contributed by atoms with Gasteiger partial charge in [-0.05, 0) is 36.3 Å². The minimum Gasteiger partial charge on any atom is -0.469 e. The van der Waals surface area contributed by atoms with E-state index in [-0.39, 0.29) is 83.1 Å². The molecule has 1 fully saturated rings. The number of ketones is 3. The predicted octanol–water partition coefficient (Wildman–Crippen LogP) is 3.86. The topological polar surface area (TPSA) is 235 Å². The van der Waals surface area contributed by atoms with Crippen LogP contribution >= 0.6 is 0 Å². The molecule has 0 spiro atoms. The molecule has 338 valence electrons. The molecule has 16 nitrogen and oxygen atoms in total. The SMILES string of the molecule is CCCC(CC(=O)[C@@H]1C[C@@H](OCc2ccccc2)CN1C(=O)[C@H](CCCNC(=O)CCC(=O)OC)CC(=O)OCC(C)C)C(=O)C(=O)CCC(=O)N[C@H](C(N)=O)c1ccccc1. The zero-order chi connectivity index (χ0) is 45.6. The Kier molecular flexibility index (Phi) is 21.7. The average Bonchev–Trinajstić information content (AvgIpc) is 3.70. The molecule has 1 aliphatic rings. The number of likely N-dealkylation sites (tertiary alicyclic amines) is 1. The van der Waals surface area contributed by atoms with E-state index in [9.17, 15) is 43.2 Å². The second-order valence-corrected chi connectivity index (χ2v) is 16.0. The summed E-state index contributed by atoms with van der Waals surface area (Å²) >= 11 is 0. The molecule has 2 aromatic rings. The third kappa shape index (κ3) is 17.3. The number of hydrogen-bond donors (Lipinski definition) is 3. The Balaban J connectivity index is 1.77. The summed E-state index contributed by atoms with van der Waals surface area (Å²) in [5, 5.41) is 5.22. The van der Waals surface area contributed by atoms with Crippen LogP contribution in [0.25, 0.3) is 0 Å². The second kappa shape index (κ2) is 26.5. The zero-order valence-corrected chi connectivity index (χ0v) is 36.3. The Morgan fingerprint density at radius 2 is 1.47 bits per heavy atom. The van der Waals surface area contributed by atoms with Gasteiger partial charge in [0.1, 0.15) is 6.04 Å². The molecule has 0 saturated carbocycles. The summed E-state index contributed by atoms with van der Waals surface area (Å²) in [6, 6.07) is 15.5. The van der Waals surface area contributed by atoms with Gasteiger partial charge >= 0.3 is 11.9 Å². The second-order valence-electron chi connectivity index (χ2n) is 16.0. The molecule has 5 atom stereocenters. The van der Waals surface area contributed by atoms with Gasteiger partial charge in [0.25, 0.3) is 0 Å². The van der Waals surface area contributed by atoms with Crippen LogP contribution in [0.15, 0.2) is 60.7 Å². The van der Waals surface area contributed by atoms with E-state index in [4.69, 9.17) is 15.2 Å². The normalized spacial score (nSPS) is 16.1. The van der Waals surface area contributed by atoms with E-state index in [2.05, 4.69) is 15.4 Å². The molecule has 1 heterocycles. The number of nitrogens with two attached hydrogens (primary N) is 1. The molecule has 1 aliphatic heterocycles. The molecular weight excluding hydrogens is 801 g/mol. The summed E-state index contributed by atoms with van der Waals surface area (Å²) in [4.78, 5) is 119. The molecule has 16 heteroatoms. The van der Waals surface area contributed by atoms with E-state index in [1.807, 2.05) is 44.2 Å². The van der Waals surface area contributed by atoms with Crippen molar-refractivity contribution < 1.29 is 57.4 Å². The minimum absolute atomic E-state index is 0.0274. The van der Waals surface area contributed by atoms with Gasteiger partial charge in [-0.1, -0.05) is 87.9 Å². The summed E-state index contributed by atoms with van der Waals surface area (Å²) in [5.41, 5.74) is 6.84. The van der Waals surface area contributed by atoms with Crippen molar-refractivity contribution in [1.29, 1.82) is 0 Å². The van der Waals surface area contributed by atoms with Crippen LogP contribution in [0.3, 0.4) is 0 Å². The first-order chi connectivity index (χ1) is 29.6. The molecule has 3 rings (SSSR count). The maximum atomic E-state index is 14.5. The molecular formula is C46H62N4O12. The molecule has 0 aromatic heterocycles. The van der Waals surface area contributed by atoms with Gasteiger partial charge in [0.2, 0.25) is 29.4 Å². The van der Waals surface area contributed by atoms with Crippen molar-refractivity contribution in [1.82, 2.24) is 15.5 Å². The third-order valence-electron chi connectivity index (χ3n) is 10.5. The number of methoxy groups -OCH3 is 1. The maximum absolute atomic E-state index is 14.5. The lowest BCUT2D eigenvalue weighted by molar-refractivity contribution is -0.151. The molecule has 4 N–H and O–H groups in total. The van der Waals surface area contributed by atoms with Crippen LogP contribution in [0.4, 0.5) is 0 Å². The largest absolute Gasteiger partial charge is 0.469 e. The average molecular weight is 863 g/mol. The van der Waals surface area contributed by atoms with Crippen molar-refractivity contribution >= 4 is 52.9 Å². The quantitative estimate of drug-likeness (QED) is 0.0629. The lowest BCUT2D eigenvalue weighted by Crippen LogP contribution is -2.45. The number of ether oxygens (including phenoxy) is 3. The third-order valence-corrected chi connectivity index (χ3v) is 10.5. The van der Waals surface area contributed by atoms with Gasteiger partial charge in [-0.2, -0.15) is 0 Å². The Labute approximate surface area is 363 Å². The molecule has 1 unspecified atom stereocenters. The molecule has 62 heavy (non-hydrogen) atoms. The molecule has 1 saturated heterocycles. The van der Waals surface area contributed by atoms with Crippen LogP contribution in [0, 0.1) is 17.8 Å². The molecule has 0 radical (unpaired) electrons. The highest BCUT2D eigenvalue weighted by molar-refractivity contribution is 6.38. The number of nitrogens with one attached hydrogen (secondary N) is 2. The number of rotatable bonds is 28. The van der Waals surface area contributed by atoms with Crippen LogP contribution in [-0.4, -0.2) is 96.8 Å². The minimum atomic E-state index is -1.13. The van der Waals surface area contributed by atoms with Crippen LogP contribution in [-0.2, 0) is 64.0 Å². The highest BCUT2D eigenvalue weighted by Crippen LogP contribution is 2.29. The first-order valence-electron chi connectivity index (χ1n) is 21.3. The first kappa shape index (κ1) is 50.6. The number of carbonyl (C=O) groups is 9. The van der Waals surface area contributed by atoms with Crippen molar-refractivity contribution in [2.75, 3.05) is 26.8 Å². The monoisotopic (exact) mass is 862 g/mol. The zero-order valence-electron chi connectivity index (χ0n) is 36.3. The number of amides is 4. The fourth-order valence-corrected chi connectivity index (χ4v) is 7.13. The Morgan fingerprint density at radius 3 is 2.10 bits per heavy atom. The molecule has 0 bridgehead atoms. The van der Waals surface area contributed by atoms with Crippen molar-refractivity contribution in [2.45, 2.75) is 116 Å². The first-order valence-corrected chi connectivity index (χ1v) is 21.3. The van der Waals surface area contributed by atoms with Crippen LogP contribution in [0.1, 0.15) is 109 Å². The number of carbonyl (C=O) groups excluding carboxylic acids is 9. The summed E-state index contributed by atoms with van der Waals surface area (Å²) in [6.45, 7) is 6.10. The standard InChI is InChI=1S/C46H62N4O12/c1-5-13-33(44(57)37(51)19-20-40(54)49-43(45(47)58)32-16-10-7-11-17-32)24-38(52)36-26-35(61-29-31-14-8-6-9-15-31)27-50(36)46(59)34(25-42(56)62-28-30(2)3)18-12-23-48-39(53)21-22-41(55)60-4/h6-11,14-17,30,33-36,43H,5,12-13,18-29H2,1-4H3,(H2,47,58)(H,48,53)(H,49,54)/t33?,34-,35-,36+,43+/m1/s1. The molecule has 2 aromatic carbocycles. The van der Waals surface area contributed by atoms with Gasteiger partial charge < -0.3 is 35.5 Å². The number of esters is 2. The Hall–Kier alpha value is -5.77. The highest BCUT2D eigenvalue weighted by atomic mass is 16.5. The smallest absolute Gasteiger partial charge is 0.306 e. The lowest BCUT2D eigenvalue weighted by Gasteiger charge is -2.28. The van der Waals surface area contributed by atoms with Gasteiger partial charge in [-0.3, -0.25) is 43.2 Å². The number of nitrogens with zero attached hydrogens (tertiary/aromatic N) is 1. The fraction of sp³-hybridized carbons (Fsp3) is 0.543. The van der Waals surface area contributed by atoms with Gasteiger partial charge in [-0.15, -0.1) is 0 Å². The van der Waals surface area contributed by atoms with Crippen molar-refractivity contribution in [3.05, 3.63) is 71.8 Å². The van der Waals surface area contributed by atoms with Gasteiger partial charge in [-0.25, -0.2) is 0 Å². The van der Waals surface area contributed by atoms with Crippen LogP contribution < -0.4 is 16.4 Å². The Morgan fingerprint density at radius 1 is 0.806 bits per heavy atom. The maximum Gasteiger partial charge on any atom is 0.306 e. The summed E-state index contributed by atoms with van der Waals surface area (Å²) in [5.74, 6) is -7.44. The fourth-order valence-electron chi connectivity index (χ4n) is 7.13. The number of Topliss-reactive ketones (excluding diaryl/α,β-unsaturated/α-hetero) is 3. The van der Waals surface area contributed by atoms with E-state index in [0.29, 0.717) is 18.4 Å². The molecule has 0 aliphatic carbocycles. The Bertz CT molecular complexity index is 1840. The van der Waals surface area contributed by atoms with Gasteiger partial charge in [0.05, 0.1) is 45.3 Å². The van der Waals surface area contributed by atoms with E-state index < -0.39 is 89.9 Å². The van der Waals surface area contributed by atoms with E-state index in [1.54, 1.807) is 37.3 Å². The highest BCUT2D eigenvalue weighted by Gasteiger charge is 2.43. The van der Waals surface area contributed by atoms with E-state index in [1.165, 1.54) is 12.0 Å². The summed E-state index contributed by atoms with van der Waals surface area (Å²) in [6.07, 6.45) is -0.986. The lowest BCUT2D eigenvalue weighted by atomic mass is 9.87. The summed E-state index contributed by atoms with van der Waals surface area (Å²) in [7, 11) is 1.23. The van der Waals surface area contributed by atoms with Gasteiger partial charge in [0.15, 0.2) is 11.6 Å². The van der Waals surface area contributed by atoms with Crippen molar-refractivity contribution in [2.24, 2.45) is 23.5 Å². The number of primary amides is 1. The number of hydrogen-bond acceptors (Lipinski definition) is 12. The van der Waals surface area contributed by atoms with E-state index >= 15 is 0 Å². The van der Waals surface area contributed by atoms with Crippen molar-refractivity contribution in [3.63, 3.8) is 0 Å². The van der Waals surface area contributed by atoms with Gasteiger partial charge in [0, 0.05) is 57.0 Å². The predicted molar refractivity (Wildman–Crippen MR) is 226 cm³/mol. The van der Waals surface area contributed by atoms with Crippen LogP contribution in [0.5, 0.6) is 0 Å². The summed E-state index contributed by atoms with van der Waals surface area (Å²) < 4.78 is 16.2. The van der Waals surface area contributed by atoms with Crippen molar-refractivity contribution in [3.8, 4) is 0 Å². The van der Waals surface area contributed by atoms with Crippen LogP contribution in [0.2, 0.25) is 0 Å².